The van der Waals surface area contributed by atoms with Crippen LogP contribution in [0, 0.1) is 6.92 Å². The van der Waals surface area contributed by atoms with Gasteiger partial charge in [-0.05, 0) is 25.0 Å². The average molecular weight is 333 g/mol. The Labute approximate surface area is 135 Å². The Bertz CT molecular complexity index is 823. The number of fused-ring (bicyclic) bond motifs is 1. The molecule has 2 heterocycles. The molecular weight excluding hydrogens is 314 g/mol. The molecule has 23 heavy (non-hydrogen) atoms. The predicted molar refractivity (Wildman–Crippen MR) is 86.6 cm³/mol. The van der Waals surface area contributed by atoms with Crippen molar-refractivity contribution in [2.75, 3.05) is 6.54 Å². The molecule has 7 heteroatoms. The van der Waals surface area contributed by atoms with Crippen LogP contribution >= 0.6 is 0 Å². The van der Waals surface area contributed by atoms with Crippen LogP contribution < -0.4 is 10.0 Å². The van der Waals surface area contributed by atoms with Gasteiger partial charge in [-0.15, -0.1) is 0 Å². The summed E-state index contributed by atoms with van der Waals surface area (Å²) in [5.41, 5.74) is 2.40. The van der Waals surface area contributed by atoms with Gasteiger partial charge in [-0.3, -0.25) is 4.79 Å². The van der Waals surface area contributed by atoms with Crippen LogP contribution in [0.25, 0.3) is 0 Å². The number of hydrogen-bond acceptors (Lipinski definition) is 3. The largest absolute Gasteiger partial charge is 0.351 e. The van der Waals surface area contributed by atoms with Crippen LogP contribution in [0.2, 0.25) is 0 Å². The highest BCUT2D eigenvalue weighted by molar-refractivity contribution is 7.89. The van der Waals surface area contributed by atoms with Crippen LogP contribution in [0.15, 0.2) is 41.4 Å². The normalized spacial score (nSPS) is 14.9. The topological polar surface area (TPSA) is 80.2 Å². The molecule has 1 aromatic heterocycles. The highest BCUT2D eigenvalue weighted by Crippen LogP contribution is 2.17. The summed E-state index contributed by atoms with van der Waals surface area (Å²) < 4.78 is 29.1. The van der Waals surface area contributed by atoms with Crippen LogP contribution in [0.3, 0.4) is 0 Å². The van der Waals surface area contributed by atoms with Crippen molar-refractivity contribution in [1.29, 1.82) is 0 Å². The third kappa shape index (κ3) is 3.46. The van der Waals surface area contributed by atoms with Gasteiger partial charge < -0.3 is 9.88 Å². The van der Waals surface area contributed by atoms with Crippen molar-refractivity contribution in [1.82, 2.24) is 14.6 Å². The van der Waals surface area contributed by atoms with Crippen molar-refractivity contribution in [2.45, 2.75) is 31.3 Å². The molecule has 0 saturated carbocycles. The minimum absolute atomic E-state index is 0.122. The fourth-order valence-corrected chi connectivity index (χ4v) is 3.57. The number of sulfonamides is 1. The van der Waals surface area contributed by atoms with Gasteiger partial charge in [-0.25, -0.2) is 13.1 Å². The number of hydrogen-bond donors (Lipinski definition) is 2. The lowest BCUT2D eigenvalue weighted by Gasteiger charge is -2.06. The predicted octanol–water partition coefficient (Wildman–Crippen LogP) is 1.41. The molecule has 0 spiro atoms. The van der Waals surface area contributed by atoms with Crippen molar-refractivity contribution < 1.29 is 13.2 Å². The monoisotopic (exact) mass is 333 g/mol. The van der Waals surface area contributed by atoms with E-state index < -0.39 is 10.0 Å². The minimum Gasteiger partial charge on any atom is -0.351 e. The van der Waals surface area contributed by atoms with Crippen LogP contribution in [0.4, 0.5) is 0 Å². The maximum absolute atomic E-state index is 12.4. The number of rotatable bonds is 4. The van der Waals surface area contributed by atoms with Crippen molar-refractivity contribution >= 4 is 15.9 Å². The molecule has 0 unspecified atom stereocenters. The van der Waals surface area contributed by atoms with E-state index in [1.807, 2.05) is 31.2 Å². The molecule has 6 nitrogen and oxygen atoms in total. The molecule has 0 fully saturated rings. The molecule has 1 aromatic carbocycles. The van der Waals surface area contributed by atoms with Gasteiger partial charge in [0.05, 0.1) is 0 Å². The second-order valence-electron chi connectivity index (χ2n) is 5.67. The molecule has 0 bridgehead atoms. The molecular formula is C16H19N3O3S. The lowest BCUT2D eigenvalue weighted by Crippen LogP contribution is -2.24. The molecule has 122 valence electrons. The number of carbonyl (C=O) groups is 1. The fraction of sp³-hybridized carbons (Fsp3) is 0.312. The van der Waals surface area contributed by atoms with Gasteiger partial charge in [0.15, 0.2) is 0 Å². The number of benzene rings is 1. The van der Waals surface area contributed by atoms with Crippen molar-refractivity contribution in [3.05, 3.63) is 53.3 Å². The SMILES string of the molecule is Cc1ccc(CNS(=O)(=O)c2cc3n(c2)CCCNC3=O)cc1. The zero-order valence-electron chi connectivity index (χ0n) is 12.9. The van der Waals surface area contributed by atoms with Crippen molar-refractivity contribution in [3.8, 4) is 0 Å². The Balaban J connectivity index is 1.78. The summed E-state index contributed by atoms with van der Waals surface area (Å²) in [6.45, 7) is 3.43. The lowest BCUT2D eigenvalue weighted by atomic mass is 10.2. The Morgan fingerprint density at radius 3 is 2.74 bits per heavy atom. The van der Waals surface area contributed by atoms with Crippen LogP contribution in [0.1, 0.15) is 28.0 Å². The van der Waals surface area contributed by atoms with Crippen LogP contribution in [0.5, 0.6) is 0 Å². The summed E-state index contributed by atoms with van der Waals surface area (Å²) in [7, 11) is -3.65. The summed E-state index contributed by atoms with van der Waals surface area (Å²) in [5, 5.41) is 2.75. The quantitative estimate of drug-likeness (QED) is 0.888. The van der Waals surface area contributed by atoms with E-state index in [2.05, 4.69) is 10.0 Å². The van der Waals surface area contributed by atoms with Gasteiger partial charge in [0, 0.05) is 25.8 Å². The van der Waals surface area contributed by atoms with Gasteiger partial charge in [0.25, 0.3) is 5.91 Å². The van der Waals surface area contributed by atoms with Gasteiger partial charge in [-0.1, -0.05) is 29.8 Å². The van der Waals surface area contributed by atoms with Gasteiger partial charge in [0.2, 0.25) is 10.0 Å². The van der Waals surface area contributed by atoms with E-state index in [9.17, 15) is 13.2 Å². The summed E-state index contributed by atoms with van der Waals surface area (Å²) >= 11 is 0. The third-order valence-corrected chi connectivity index (χ3v) is 5.23. The zero-order valence-corrected chi connectivity index (χ0v) is 13.7. The molecule has 1 amide bonds. The Morgan fingerprint density at radius 1 is 1.26 bits per heavy atom. The van der Waals surface area contributed by atoms with E-state index in [4.69, 9.17) is 0 Å². The molecule has 0 radical (unpaired) electrons. The number of aromatic nitrogens is 1. The van der Waals surface area contributed by atoms with E-state index in [0.29, 0.717) is 18.8 Å². The number of aryl methyl sites for hydroxylation is 2. The standard InChI is InChI=1S/C16H19N3O3S/c1-12-3-5-13(6-4-12)10-18-23(21,22)14-9-15-16(20)17-7-2-8-19(15)11-14/h3-6,9,11,18H,2,7-8,10H2,1H3,(H,17,20). The first-order valence-electron chi connectivity index (χ1n) is 7.49. The minimum atomic E-state index is -3.65. The smallest absolute Gasteiger partial charge is 0.267 e. The fourth-order valence-electron chi connectivity index (χ4n) is 2.52. The van der Waals surface area contributed by atoms with E-state index in [1.54, 1.807) is 4.57 Å². The molecule has 0 aliphatic carbocycles. The number of carbonyl (C=O) groups excluding carboxylic acids is 1. The Kier molecular flexibility index (Phi) is 4.23. The summed E-state index contributed by atoms with van der Waals surface area (Å²) in [4.78, 5) is 12.0. The lowest BCUT2D eigenvalue weighted by molar-refractivity contribution is 0.0951. The third-order valence-electron chi connectivity index (χ3n) is 3.86. The highest BCUT2D eigenvalue weighted by atomic mass is 32.2. The number of nitrogens with one attached hydrogen (secondary N) is 2. The molecule has 2 N–H and O–H groups in total. The zero-order chi connectivity index (χ0) is 16.4. The molecule has 1 aliphatic rings. The highest BCUT2D eigenvalue weighted by Gasteiger charge is 2.22. The summed E-state index contributed by atoms with van der Waals surface area (Å²) in [6.07, 6.45) is 2.31. The molecule has 1 aliphatic heterocycles. The van der Waals surface area contributed by atoms with Crippen molar-refractivity contribution in [2.24, 2.45) is 0 Å². The first-order valence-corrected chi connectivity index (χ1v) is 8.97. The van der Waals surface area contributed by atoms with E-state index in [1.165, 1.54) is 12.3 Å². The summed E-state index contributed by atoms with van der Waals surface area (Å²) in [6, 6.07) is 9.09. The molecule has 0 atom stereocenters. The first-order chi connectivity index (χ1) is 11.0. The molecule has 3 rings (SSSR count). The number of amides is 1. The van der Waals surface area contributed by atoms with Gasteiger partial charge >= 0.3 is 0 Å². The molecule has 0 saturated heterocycles. The van der Waals surface area contributed by atoms with Gasteiger partial charge in [0.1, 0.15) is 10.6 Å². The van der Waals surface area contributed by atoms with Crippen molar-refractivity contribution in [3.63, 3.8) is 0 Å². The second kappa shape index (κ2) is 6.17. The van der Waals surface area contributed by atoms with Crippen LogP contribution in [-0.4, -0.2) is 25.4 Å². The van der Waals surface area contributed by atoms with Crippen LogP contribution in [-0.2, 0) is 23.1 Å². The summed E-state index contributed by atoms with van der Waals surface area (Å²) in [5.74, 6) is -0.234. The Hall–Kier alpha value is -2.12. The number of nitrogens with zero attached hydrogens (tertiary/aromatic N) is 1. The van der Waals surface area contributed by atoms with E-state index in [-0.39, 0.29) is 17.3 Å². The van der Waals surface area contributed by atoms with E-state index >= 15 is 0 Å². The first kappa shape index (κ1) is 15.8. The average Bonchev–Trinajstić information content (AvgIpc) is 2.89. The second-order valence-corrected chi connectivity index (χ2v) is 7.44. The van der Waals surface area contributed by atoms with E-state index in [0.717, 1.165) is 17.5 Å². The Morgan fingerprint density at radius 2 is 2.00 bits per heavy atom. The maximum Gasteiger partial charge on any atom is 0.267 e. The van der Waals surface area contributed by atoms with Gasteiger partial charge in [-0.2, -0.15) is 0 Å². The molecule has 2 aromatic rings. The maximum atomic E-state index is 12.4.